The first kappa shape index (κ1) is 8.47. The fourth-order valence-corrected chi connectivity index (χ4v) is 2.11. The maximum absolute atomic E-state index is 9.88. The first-order chi connectivity index (χ1) is 7.36. The Kier molecular flexibility index (Phi) is 1.74. The molecule has 0 aromatic carbocycles. The molecular weight excluding hydrogens is 190 g/mol. The normalized spacial score (nSPS) is 23.1. The van der Waals surface area contributed by atoms with Crippen LogP contribution in [0.2, 0.25) is 0 Å². The molecule has 0 bridgehead atoms. The molecule has 2 heterocycles. The zero-order valence-electron chi connectivity index (χ0n) is 8.14. The number of rotatable bonds is 0. The average molecular weight is 201 g/mol. The van der Waals surface area contributed by atoms with E-state index in [-0.39, 0.29) is 5.92 Å². The highest BCUT2D eigenvalue weighted by atomic mass is 16.3. The fraction of sp³-hybridized carbons (Fsp3) is 0.273. The van der Waals surface area contributed by atoms with Crippen LogP contribution in [0.25, 0.3) is 6.08 Å². The Morgan fingerprint density at radius 3 is 3.33 bits per heavy atom. The summed E-state index contributed by atoms with van der Waals surface area (Å²) in [5, 5.41) is 14.2. The summed E-state index contributed by atoms with van der Waals surface area (Å²) in [6.07, 6.45) is 6.22. The molecule has 1 unspecified atom stereocenters. The lowest BCUT2D eigenvalue weighted by molar-refractivity contribution is 0.353. The maximum Gasteiger partial charge on any atom is 0.102 e. The molecule has 1 aromatic heterocycles. The monoisotopic (exact) mass is 201 g/mol. The minimum Gasteiger partial charge on any atom is -0.512 e. The molecule has 1 aromatic rings. The lowest BCUT2D eigenvalue weighted by atomic mass is 9.84. The van der Waals surface area contributed by atoms with Gasteiger partial charge in [-0.15, -0.1) is 0 Å². The largest absolute Gasteiger partial charge is 0.512 e. The molecule has 15 heavy (non-hydrogen) atoms. The maximum atomic E-state index is 9.88. The van der Waals surface area contributed by atoms with E-state index < -0.39 is 0 Å². The first-order valence-corrected chi connectivity index (χ1v) is 5.01. The Morgan fingerprint density at radius 1 is 1.47 bits per heavy atom. The minimum atomic E-state index is 0.0444. The highest BCUT2D eigenvalue weighted by Gasteiger charge is 2.29. The molecule has 0 amide bonds. The molecule has 3 rings (SSSR count). The smallest absolute Gasteiger partial charge is 0.102 e. The van der Waals surface area contributed by atoms with E-state index in [1.807, 2.05) is 12.1 Å². The number of hydrogen-bond donors (Lipinski definition) is 2. The fourth-order valence-electron chi connectivity index (χ4n) is 2.11. The molecule has 76 valence electrons. The molecule has 1 aliphatic heterocycles. The summed E-state index contributed by atoms with van der Waals surface area (Å²) in [7, 11) is 0. The van der Waals surface area contributed by atoms with Gasteiger partial charge in [-0.05, 0) is 24.1 Å². The molecule has 0 radical (unpaired) electrons. The summed E-state index contributed by atoms with van der Waals surface area (Å²) in [6, 6.07) is 1.89. The summed E-state index contributed by atoms with van der Waals surface area (Å²) in [5.74, 6) is 0.455. The zero-order chi connectivity index (χ0) is 10.3. The first-order valence-electron chi connectivity index (χ1n) is 5.01. The number of nitrogens with zero attached hydrogens (tertiary/aromatic N) is 2. The summed E-state index contributed by atoms with van der Waals surface area (Å²) in [5.41, 5.74) is 5.88. The van der Waals surface area contributed by atoms with Gasteiger partial charge in [0.1, 0.15) is 5.76 Å². The molecular formula is C11H11N3O. The zero-order valence-corrected chi connectivity index (χ0v) is 8.14. The van der Waals surface area contributed by atoms with Crippen LogP contribution in [0.5, 0.6) is 0 Å². The summed E-state index contributed by atoms with van der Waals surface area (Å²) >= 11 is 0. The van der Waals surface area contributed by atoms with Gasteiger partial charge in [-0.2, -0.15) is 5.10 Å². The van der Waals surface area contributed by atoms with E-state index in [0.717, 1.165) is 29.8 Å². The van der Waals surface area contributed by atoms with Crippen LogP contribution in [-0.4, -0.2) is 22.3 Å². The number of hydrogen-bond acceptors (Lipinski definition) is 4. The number of aliphatic hydroxyl groups is 1. The summed E-state index contributed by atoms with van der Waals surface area (Å²) in [4.78, 5) is 4.09. The molecule has 0 fully saturated rings. The van der Waals surface area contributed by atoms with Gasteiger partial charge in [0.25, 0.3) is 0 Å². The Hall–Kier alpha value is -1.84. The van der Waals surface area contributed by atoms with Gasteiger partial charge in [0.15, 0.2) is 0 Å². The van der Waals surface area contributed by atoms with Crippen molar-refractivity contribution >= 4 is 11.8 Å². The predicted octanol–water partition coefficient (Wildman–Crippen LogP) is 1.31. The second-order valence-electron chi connectivity index (χ2n) is 3.78. The van der Waals surface area contributed by atoms with Gasteiger partial charge in [-0.25, -0.2) is 0 Å². The van der Waals surface area contributed by atoms with E-state index in [0.29, 0.717) is 5.76 Å². The number of allylic oxidation sites excluding steroid dienone is 1. The number of hydrazone groups is 1. The predicted molar refractivity (Wildman–Crippen MR) is 57.5 cm³/mol. The van der Waals surface area contributed by atoms with Crippen molar-refractivity contribution in [2.45, 2.75) is 6.42 Å². The summed E-state index contributed by atoms with van der Waals surface area (Å²) < 4.78 is 0. The van der Waals surface area contributed by atoms with Gasteiger partial charge in [0.05, 0.1) is 11.6 Å². The number of aliphatic hydroxyl groups excluding tert-OH is 1. The SMILES string of the molecule is OC1=Cc2ccncc2C2=NNCCC12. The number of nitrogens with one attached hydrogen (secondary N) is 1. The second-order valence-corrected chi connectivity index (χ2v) is 3.78. The third kappa shape index (κ3) is 1.21. The molecule has 1 aliphatic carbocycles. The molecule has 0 saturated heterocycles. The minimum absolute atomic E-state index is 0.0444. The van der Waals surface area contributed by atoms with Gasteiger partial charge in [-0.3, -0.25) is 4.98 Å². The third-order valence-corrected chi connectivity index (χ3v) is 2.87. The highest BCUT2D eigenvalue weighted by molar-refractivity contribution is 6.08. The molecule has 2 aliphatic rings. The van der Waals surface area contributed by atoms with E-state index in [2.05, 4.69) is 15.5 Å². The van der Waals surface area contributed by atoms with Crippen molar-refractivity contribution < 1.29 is 5.11 Å². The topological polar surface area (TPSA) is 57.5 Å². The van der Waals surface area contributed by atoms with Crippen molar-refractivity contribution in [1.29, 1.82) is 0 Å². The van der Waals surface area contributed by atoms with E-state index in [1.165, 1.54) is 0 Å². The van der Waals surface area contributed by atoms with E-state index in [1.54, 1.807) is 12.4 Å². The Labute approximate surface area is 87.3 Å². The van der Waals surface area contributed by atoms with Crippen LogP contribution < -0.4 is 5.43 Å². The average Bonchev–Trinajstić information content (AvgIpc) is 2.30. The van der Waals surface area contributed by atoms with Crippen LogP contribution in [0.4, 0.5) is 0 Å². The van der Waals surface area contributed by atoms with Crippen molar-refractivity contribution in [3.8, 4) is 0 Å². The Bertz CT molecular complexity index is 465. The van der Waals surface area contributed by atoms with Crippen LogP contribution >= 0.6 is 0 Å². The molecule has 0 spiro atoms. The standard InChI is InChI=1S/C11H11N3O/c15-10-5-7-1-3-12-6-9(7)11-8(10)2-4-13-14-11/h1,3,5-6,8,13,15H,2,4H2. The second kappa shape index (κ2) is 3.08. The lowest BCUT2D eigenvalue weighted by Gasteiger charge is -2.27. The van der Waals surface area contributed by atoms with Gasteiger partial charge < -0.3 is 10.5 Å². The van der Waals surface area contributed by atoms with Crippen molar-refractivity contribution in [1.82, 2.24) is 10.4 Å². The molecule has 4 nitrogen and oxygen atoms in total. The quantitative estimate of drug-likeness (QED) is 0.665. The van der Waals surface area contributed by atoms with Crippen molar-refractivity contribution in [3.05, 3.63) is 35.3 Å². The van der Waals surface area contributed by atoms with Crippen molar-refractivity contribution in [2.24, 2.45) is 11.0 Å². The van der Waals surface area contributed by atoms with Gasteiger partial charge in [0.2, 0.25) is 0 Å². The highest BCUT2D eigenvalue weighted by Crippen LogP contribution is 2.30. The van der Waals surface area contributed by atoms with Crippen LogP contribution in [0.3, 0.4) is 0 Å². The van der Waals surface area contributed by atoms with Crippen LogP contribution in [0, 0.1) is 5.92 Å². The Balaban J connectivity index is 2.21. The molecule has 0 saturated carbocycles. The summed E-state index contributed by atoms with van der Waals surface area (Å²) in [6.45, 7) is 0.807. The van der Waals surface area contributed by atoms with E-state index in [9.17, 15) is 5.11 Å². The van der Waals surface area contributed by atoms with Crippen LogP contribution in [-0.2, 0) is 0 Å². The molecule has 1 atom stereocenters. The van der Waals surface area contributed by atoms with Gasteiger partial charge in [0, 0.05) is 24.5 Å². The number of pyridine rings is 1. The van der Waals surface area contributed by atoms with Crippen LogP contribution in [0.15, 0.2) is 29.3 Å². The Morgan fingerprint density at radius 2 is 2.40 bits per heavy atom. The number of fused-ring (bicyclic) bond motifs is 3. The third-order valence-electron chi connectivity index (χ3n) is 2.87. The van der Waals surface area contributed by atoms with Crippen LogP contribution in [0.1, 0.15) is 17.5 Å². The van der Waals surface area contributed by atoms with Crippen molar-refractivity contribution in [2.75, 3.05) is 6.54 Å². The molecule has 4 heteroatoms. The number of aromatic nitrogens is 1. The lowest BCUT2D eigenvalue weighted by Crippen LogP contribution is -2.32. The molecule has 2 N–H and O–H groups in total. The van der Waals surface area contributed by atoms with E-state index >= 15 is 0 Å². The van der Waals surface area contributed by atoms with Gasteiger partial charge in [-0.1, -0.05) is 0 Å². The van der Waals surface area contributed by atoms with Crippen molar-refractivity contribution in [3.63, 3.8) is 0 Å². The van der Waals surface area contributed by atoms with E-state index in [4.69, 9.17) is 0 Å². The van der Waals surface area contributed by atoms with Gasteiger partial charge >= 0.3 is 0 Å².